The van der Waals surface area contributed by atoms with Gasteiger partial charge in [0.1, 0.15) is 0 Å². The minimum atomic E-state index is 0.0247. The summed E-state index contributed by atoms with van der Waals surface area (Å²) in [7, 11) is 4.23. The molecule has 0 aromatic carbocycles. The molecule has 2 atom stereocenters. The molecule has 3 N–H and O–H groups in total. The Morgan fingerprint density at radius 1 is 1.50 bits per heavy atom. The number of carbonyl (C=O) groups excluding carboxylic acids is 1. The van der Waals surface area contributed by atoms with E-state index in [0.29, 0.717) is 24.6 Å². The second-order valence-corrected chi connectivity index (χ2v) is 6.86. The van der Waals surface area contributed by atoms with Crippen molar-refractivity contribution < 1.29 is 4.79 Å². The molecule has 2 rings (SSSR count). The number of likely N-dealkylation sites (N-methyl/N-ethyl adjacent to an activating group) is 1. The van der Waals surface area contributed by atoms with E-state index in [-0.39, 0.29) is 11.4 Å². The summed E-state index contributed by atoms with van der Waals surface area (Å²) in [5, 5.41) is 3.11. The van der Waals surface area contributed by atoms with Crippen LogP contribution in [0.3, 0.4) is 0 Å². The van der Waals surface area contributed by atoms with Gasteiger partial charge in [-0.1, -0.05) is 19.8 Å². The minimum absolute atomic E-state index is 0.0247. The monoisotopic (exact) mass is 304 g/mol. The number of carbonyl (C=O) groups is 1. The number of nitrogens with one attached hydrogen (secondary N) is 1. The number of aromatic nitrogens is 1. The van der Waals surface area contributed by atoms with Gasteiger partial charge in [0.05, 0.1) is 18.3 Å². The first-order valence-electron chi connectivity index (χ1n) is 8.06. The molecule has 1 amide bonds. The predicted octanol–water partition coefficient (Wildman–Crippen LogP) is 1.83. The van der Waals surface area contributed by atoms with Gasteiger partial charge in [-0.2, -0.15) is 0 Å². The summed E-state index contributed by atoms with van der Waals surface area (Å²) in [6.07, 6.45) is 6.70. The van der Waals surface area contributed by atoms with Crippen molar-refractivity contribution in [1.29, 1.82) is 0 Å². The maximum absolute atomic E-state index is 12.2. The van der Waals surface area contributed by atoms with Crippen LogP contribution in [0, 0.1) is 5.92 Å². The average molecular weight is 304 g/mol. The Bertz CT molecular complexity index is 500. The molecule has 0 saturated heterocycles. The molecule has 1 aliphatic rings. The largest absolute Gasteiger partial charge is 0.397 e. The van der Waals surface area contributed by atoms with E-state index >= 15 is 0 Å². The topological polar surface area (TPSA) is 71.2 Å². The SMILES string of the molecule is CC1CCCC(CNC(=O)Cc2ccc(N)cn2)(N(C)C)C1. The Balaban J connectivity index is 1.91. The third-order valence-corrected chi connectivity index (χ3v) is 4.82. The zero-order chi connectivity index (χ0) is 16.2. The van der Waals surface area contributed by atoms with E-state index in [9.17, 15) is 4.79 Å². The number of pyridine rings is 1. The van der Waals surface area contributed by atoms with Crippen molar-refractivity contribution in [3.63, 3.8) is 0 Å². The van der Waals surface area contributed by atoms with Crippen LogP contribution in [0.25, 0.3) is 0 Å². The molecule has 0 aliphatic heterocycles. The quantitative estimate of drug-likeness (QED) is 0.870. The minimum Gasteiger partial charge on any atom is -0.397 e. The summed E-state index contributed by atoms with van der Waals surface area (Å²) in [5.41, 5.74) is 7.06. The average Bonchev–Trinajstić information content (AvgIpc) is 2.47. The fourth-order valence-corrected chi connectivity index (χ4v) is 3.39. The normalized spacial score (nSPS) is 25.2. The highest BCUT2D eigenvalue weighted by Crippen LogP contribution is 2.35. The van der Waals surface area contributed by atoms with Crippen LogP contribution in [0.15, 0.2) is 18.3 Å². The van der Waals surface area contributed by atoms with Crippen LogP contribution < -0.4 is 11.1 Å². The van der Waals surface area contributed by atoms with E-state index in [1.807, 2.05) is 0 Å². The van der Waals surface area contributed by atoms with Crippen molar-refractivity contribution >= 4 is 11.6 Å². The lowest BCUT2D eigenvalue weighted by Crippen LogP contribution is -2.55. The second kappa shape index (κ2) is 7.09. The van der Waals surface area contributed by atoms with Gasteiger partial charge in [-0.25, -0.2) is 0 Å². The van der Waals surface area contributed by atoms with Crippen molar-refractivity contribution in [2.45, 2.75) is 44.6 Å². The molecular weight excluding hydrogens is 276 g/mol. The molecule has 1 saturated carbocycles. The van der Waals surface area contributed by atoms with Gasteiger partial charge in [-0.05, 0) is 45.0 Å². The molecule has 122 valence electrons. The number of nitrogens with two attached hydrogens (primary N) is 1. The lowest BCUT2D eigenvalue weighted by molar-refractivity contribution is -0.121. The maximum Gasteiger partial charge on any atom is 0.226 e. The van der Waals surface area contributed by atoms with Gasteiger partial charge in [0.15, 0.2) is 0 Å². The van der Waals surface area contributed by atoms with Crippen molar-refractivity contribution in [3.05, 3.63) is 24.0 Å². The summed E-state index contributed by atoms with van der Waals surface area (Å²) in [4.78, 5) is 18.6. The van der Waals surface area contributed by atoms with Crippen molar-refractivity contribution in [3.8, 4) is 0 Å². The van der Waals surface area contributed by atoms with E-state index in [0.717, 1.165) is 18.5 Å². The van der Waals surface area contributed by atoms with Gasteiger partial charge in [0.25, 0.3) is 0 Å². The third kappa shape index (κ3) is 4.19. The lowest BCUT2D eigenvalue weighted by atomic mass is 9.75. The van der Waals surface area contributed by atoms with E-state index in [2.05, 4.69) is 36.2 Å². The summed E-state index contributed by atoms with van der Waals surface area (Å²) in [6, 6.07) is 3.58. The van der Waals surface area contributed by atoms with E-state index in [4.69, 9.17) is 5.73 Å². The van der Waals surface area contributed by atoms with Gasteiger partial charge in [-0.3, -0.25) is 9.78 Å². The molecule has 1 heterocycles. The number of amides is 1. The predicted molar refractivity (Wildman–Crippen MR) is 89.4 cm³/mol. The van der Waals surface area contributed by atoms with Crippen LogP contribution in [-0.2, 0) is 11.2 Å². The van der Waals surface area contributed by atoms with Crippen molar-refractivity contribution in [2.75, 3.05) is 26.4 Å². The van der Waals surface area contributed by atoms with Crippen LogP contribution in [-0.4, -0.2) is 42.0 Å². The fourth-order valence-electron chi connectivity index (χ4n) is 3.39. The molecule has 1 aromatic rings. The Morgan fingerprint density at radius 3 is 2.86 bits per heavy atom. The fraction of sp³-hybridized carbons (Fsp3) is 0.647. The number of hydrogen-bond donors (Lipinski definition) is 2. The molecule has 1 aliphatic carbocycles. The first-order valence-corrected chi connectivity index (χ1v) is 8.06. The highest BCUT2D eigenvalue weighted by atomic mass is 16.1. The highest BCUT2D eigenvalue weighted by molar-refractivity contribution is 5.78. The molecule has 5 nitrogen and oxygen atoms in total. The van der Waals surface area contributed by atoms with Crippen molar-refractivity contribution in [1.82, 2.24) is 15.2 Å². The molecule has 5 heteroatoms. The van der Waals surface area contributed by atoms with Crippen LogP contribution >= 0.6 is 0 Å². The summed E-state index contributed by atoms with van der Waals surface area (Å²) < 4.78 is 0. The molecular formula is C17H28N4O. The molecule has 1 fully saturated rings. The van der Waals surface area contributed by atoms with Crippen LogP contribution in [0.5, 0.6) is 0 Å². The summed E-state index contributed by atoms with van der Waals surface area (Å²) >= 11 is 0. The Morgan fingerprint density at radius 2 is 2.27 bits per heavy atom. The summed E-state index contributed by atoms with van der Waals surface area (Å²) in [6.45, 7) is 3.01. The zero-order valence-electron chi connectivity index (χ0n) is 13.9. The molecule has 0 bridgehead atoms. The standard InChI is InChI=1S/C17H28N4O/c1-13-5-4-8-17(10-13,21(2)3)12-20-16(22)9-15-7-6-14(18)11-19-15/h6-7,11,13H,4-5,8-10,12,18H2,1-3H3,(H,20,22). The van der Waals surface area contributed by atoms with Gasteiger partial charge >= 0.3 is 0 Å². The summed E-state index contributed by atoms with van der Waals surface area (Å²) in [5.74, 6) is 0.739. The van der Waals surface area contributed by atoms with E-state index in [1.165, 1.54) is 12.8 Å². The van der Waals surface area contributed by atoms with E-state index < -0.39 is 0 Å². The first-order chi connectivity index (χ1) is 10.4. The maximum atomic E-state index is 12.2. The first kappa shape index (κ1) is 16.7. The molecule has 2 unspecified atom stereocenters. The number of anilines is 1. The van der Waals surface area contributed by atoms with Gasteiger partial charge in [0, 0.05) is 17.8 Å². The highest BCUT2D eigenvalue weighted by Gasteiger charge is 2.37. The van der Waals surface area contributed by atoms with Crippen molar-refractivity contribution in [2.24, 2.45) is 5.92 Å². The van der Waals surface area contributed by atoms with Gasteiger partial charge in [-0.15, -0.1) is 0 Å². The Kier molecular flexibility index (Phi) is 5.40. The second-order valence-electron chi connectivity index (χ2n) is 6.86. The molecule has 0 radical (unpaired) electrons. The van der Waals surface area contributed by atoms with Gasteiger partial charge in [0.2, 0.25) is 5.91 Å². The number of rotatable bonds is 5. The Hall–Kier alpha value is -1.62. The molecule has 0 spiro atoms. The molecule has 22 heavy (non-hydrogen) atoms. The van der Waals surface area contributed by atoms with E-state index in [1.54, 1.807) is 18.3 Å². The molecule has 1 aromatic heterocycles. The number of nitrogens with zero attached hydrogens (tertiary/aromatic N) is 2. The lowest BCUT2D eigenvalue weighted by Gasteiger charge is -2.45. The number of nitrogen functional groups attached to an aromatic ring is 1. The van der Waals surface area contributed by atoms with Crippen LogP contribution in [0.2, 0.25) is 0 Å². The number of hydrogen-bond acceptors (Lipinski definition) is 4. The van der Waals surface area contributed by atoms with Gasteiger partial charge < -0.3 is 16.0 Å². The third-order valence-electron chi connectivity index (χ3n) is 4.82. The van der Waals surface area contributed by atoms with Crippen LogP contribution in [0.4, 0.5) is 5.69 Å². The Labute approximate surface area is 133 Å². The van der Waals surface area contributed by atoms with Crippen LogP contribution in [0.1, 0.15) is 38.3 Å². The smallest absolute Gasteiger partial charge is 0.226 e. The zero-order valence-corrected chi connectivity index (χ0v) is 13.9.